The van der Waals surface area contributed by atoms with Gasteiger partial charge in [-0.1, -0.05) is 12.1 Å². The Morgan fingerprint density at radius 1 is 1.07 bits per heavy atom. The van der Waals surface area contributed by atoms with Gasteiger partial charge >= 0.3 is 6.03 Å². The molecule has 164 valence electrons. The number of urea groups is 1. The van der Waals surface area contributed by atoms with Gasteiger partial charge in [0.15, 0.2) is 0 Å². The molecule has 1 saturated heterocycles. The summed E-state index contributed by atoms with van der Waals surface area (Å²) in [6, 6.07) is 2.27. The number of fused-ring (bicyclic) bond motifs is 2. The highest BCUT2D eigenvalue weighted by molar-refractivity contribution is 8.00. The zero-order valence-corrected chi connectivity index (χ0v) is 19.3. The van der Waals surface area contributed by atoms with Crippen LogP contribution in [0, 0.1) is 0 Å². The van der Waals surface area contributed by atoms with E-state index in [9.17, 15) is 4.79 Å². The molecule has 3 N–H and O–H groups in total. The van der Waals surface area contributed by atoms with Crippen LogP contribution in [0.1, 0.15) is 61.8 Å². The Hall–Kier alpha value is -1.50. The summed E-state index contributed by atoms with van der Waals surface area (Å²) < 4.78 is 2.91. The Morgan fingerprint density at radius 3 is 2.40 bits per heavy atom. The maximum atomic E-state index is 12.5. The highest BCUT2D eigenvalue weighted by Gasteiger charge is 2.28. The topological polar surface area (TPSA) is 56.4 Å². The number of carbonyl (C=O) groups excluding carboxylic acids is 1. The molecule has 4 rings (SSSR count). The standard InChI is InChI=1S/C24H36N4OS/c1-24(2,28-13-3-4-14-28)17-25-12-7-15-30-27-23(29)26-22-20-10-5-8-18(20)16-19-9-6-11-21(19)22/h7,15-16,25H,3-6,8-14,17H2,1-2H3,(H2,26,27,29)/b15-7+. The van der Waals surface area contributed by atoms with Crippen LogP contribution >= 0.6 is 11.9 Å². The molecule has 1 aromatic carbocycles. The average Bonchev–Trinajstić information content (AvgIpc) is 3.47. The number of hydrogen-bond acceptors (Lipinski definition) is 4. The maximum absolute atomic E-state index is 12.5. The number of anilines is 1. The van der Waals surface area contributed by atoms with Gasteiger partial charge in [-0.05, 0) is 118 Å². The van der Waals surface area contributed by atoms with Crippen molar-refractivity contribution in [2.75, 3.05) is 31.5 Å². The summed E-state index contributed by atoms with van der Waals surface area (Å²) in [5.41, 5.74) is 6.94. The van der Waals surface area contributed by atoms with Gasteiger partial charge in [0.05, 0.1) is 0 Å². The summed E-state index contributed by atoms with van der Waals surface area (Å²) in [4.78, 5) is 15.1. The van der Waals surface area contributed by atoms with Crippen LogP contribution in [0.5, 0.6) is 0 Å². The number of hydrogen-bond donors (Lipinski definition) is 3. The zero-order valence-electron chi connectivity index (χ0n) is 18.5. The van der Waals surface area contributed by atoms with Crippen molar-refractivity contribution in [1.29, 1.82) is 0 Å². The monoisotopic (exact) mass is 428 g/mol. The van der Waals surface area contributed by atoms with E-state index >= 15 is 0 Å². The van der Waals surface area contributed by atoms with Crippen LogP contribution in [-0.4, -0.2) is 42.6 Å². The van der Waals surface area contributed by atoms with Gasteiger partial charge in [-0.15, -0.1) is 0 Å². The van der Waals surface area contributed by atoms with Crippen molar-refractivity contribution in [2.24, 2.45) is 0 Å². The predicted molar refractivity (Wildman–Crippen MR) is 127 cm³/mol. The van der Waals surface area contributed by atoms with E-state index in [1.165, 1.54) is 73.0 Å². The molecule has 3 aliphatic rings. The number of amides is 2. The molecule has 30 heavy (non-hydrogen) atoms. The van der Waals surface area contributed by atoms with E-state index in [4.69, 9.17) is 0 Å². The summed E-state index contributed by atoms with van der Waals surface area (Å²) in [5, 5.41) is 8.64. The van der Waals surface area contributed by atoms with E-state index in [-0.39, 0.29) is 11.6 Å². The maximum Gasteiger partial charge on any atom is 0.329 e. The van der Waals surface area contributed by atoms with Crippen molar-refractivity contribution in [3.05, 3.63) is 39.8 Å². The molecule has 0 saturated carbocycles. The summed E-state index contributed by atoms with van der Waals surface area (Å²) in [6.45, 7) is 8.84. The predicted octanol–water partition coefficient (Wildman–Crippen LogP) is 4.41. The molecule has 0 spiro atoms. The summed E-state index contributed by atoms with van der Waals surface area (Å²) in [5.74, 6) is 0. The molecular weight excluding hydrogens is 392 g/mol. The molecular formula is C24H36N4OS. The van der Waals surface area contributed by atoms with Crippen molar-refractivity contribution in [1.82, 2.24) is 14.9 Å². The molecule has 0 bridgehead atoms. The van der Waals surface area contributed by atoms with Gasteiger partial charge in [0.2, 0.25) is 0 Å². The molecule has 0 unspecified atom stereocenters. The third kappa shape index (κ3) is 5.04. The number of nitrogens with one attached hydrogen (secondary N) is 3. The van der Waals surface area contributed by atoms with Gasteiger partial charge in [0.1, 0.15) is 0 Å². The second-order valence-electron chi connectivity index (χ2n) is 9.42. The Kier molecular flexibility index (Phi) is 7.06. The van der Waals surface area contributed by atoms with Crippen molar-refractivity contribution >= 4 is 23.7 Å². The second-order valence-corrected chi connectivity index (χ2v) is 10.1. The Balaban J connectivity index is 1.20. The number of benzene rings is 1. The number of rotatable bonds is 8. The SMILES string of the molecule is CC(C)(CNC/C=C/SNC(=O)Nc1c2c(cc3c1CCC3)CCC2)N1CCCC1. The number of likely N-dealkylation sites (tertiary alicyclic amines) is 1. The molecule has 0 radical (unpaired) electrons. The first kappa shape index (κ1) is 21.7. The lowest BCUT2D eigenvalue weighted by molar-refractivity contribution is 0.153. The lowest BCUT2D eigenvalue weighted by atomic mass is 9.99. The fourth-order valence-electron chi connectivity index (χ4n) is 5.19. The van der Waals surface area contributed by atoms with Gasteiger partial charge in [-0.3, -0.25) is 9.62 Å². The summed E-state index contributed by atoms with van der Waals surface area (Å²) in [7, 11) is 0. The first-order chi connectivity index (χ1) is 14.5. The highest BCUT2D eigenvalue weighted by Crippen LogP contribution is 2.38. The molecule has 2 amide bonds. The van der Waals surface area contributed by atoms with Crippen LogP contribution in [0.2, 0.25) is 0 Å². The minimum atomic E-state index is -0.123. The average molecular weight is 429 g/mol. The van der Waals surface area contributed by atoms with E-state index in [0.29, 0.717) is 0 Å². The molecule has 0 aromatic heterocycles. The lowest BCUT2D eigenvalue weighted by Crippen LogP contribution is -2.49. The Bertz CT molecular complexity index is 767. The Labute approximate surface area is 185 Å². The van der Waals surface area contributed by atoms with E-state index < -0.39 is 0 Å². The smallest absolute Gasteiger partial charge is 0.311 e. The quantitative estimate of drug-likeness (QED) is 0.424. The largest absolute Gasteiger partial charge is 0.329 e. The van der Waals surface area contributed by atoms with Crippen LogP contribution in [0.3, 0.4) is 0 Å². The molecule has 0 atom stereocenters. The molecule has 1 aliphatic heterocycles. The molecule has 6 heteroatoms. The third-order valence-corrected chi connectivity index (χ3v) is 7.44. The lowest BCUT2D eigenvalue weighted by Gasteiger charge is -2.35. The van der Waals surface area contributed by atoms with Crippen LogP contribution in [-0.2, 0) is 25.7 Å². The molecule has 1 heterocycles. The van der Waals surface area contributed by atoms with Crippen LogP contribution < -0.4 is 15.4 Å². The third-order valence-electron chi connectivity index (χ3n) is 6.81. The second kappa shape index (κ2) is 9.75. The van der Waals surface area contributed by atoms with Crippen molar-refractivity contribution in [3.63, 3.8) is 0 Å². The van der Waals surface area contributed by atoms with E-state index in [1.54, 1.807) is 0 Å². The van der Waals surface area contributed by atoms with E-state index in [1.807, 2.05) is 5.41 Å². The number of carbonyl (C=O) groups is 1. The fourth-order valence-corrected chi connectivity index (χ4v) is 5.60. The highest BCUT2D eigenvalue weighted by atomic mass is 32.2. The molecule has 5 nitrogen and oxygen atoms in total. The van der Waals surface area contributed by atoms with Gasteiger partial charge in [-0.2, -0.15) is 0 Å². The van der Waals surface area contributed by atoms with Gasteiger partial charge < -0.3 is 10.6 Å². The molecule has 1 fully saturated rings. The van der Waals surface area contributed by atoms with Crippen LogP contribution in [0.4, 0.5) is 10.5 Å². The zero-order chi connectivity index (χ0) is 21.0. The minimum Gasteiger partial charge on any atom is -0.311 e. The normalized spacial score (nSPS) is 18.7. The van der Waals surface area contributed by atoms with Gasteiger partial charge in [0.25, 0.3) is 0 Å². The number of nitrogens with zero attached hydrogens (tertiary/aromatic N) is 1. The number of aryl methyl sites for hydroxylation is 2. The van der Waals surface area contributed by atoms with Gasteiger partial charge in [-0.25, -0.2) is 4.79 Å². The summed E-state index contributed by atoms with van der Waals surface area (Å²) >= 11 is 1.34. The van der Waals surface area contributed by atoms with Gasteiger partial charge in [0, 0.05) is 24.3 Å². The Morgan fingerprint density at radius 2 is 1.73 bits per heavy atom. The molecule has 1 aromatic rings. The van der Waals surface area contributed by atoms with Crippen molar-refractivity contribution < 1.29 is 4.79 Å². The minimum absolute atomic E-state index is 0.123. The first-order valence-electron chi connectivity index (χ1n) is 11.5. The van der Waals surface area contributed by atoms with E-state index in [2.05, 4.69) is 46.2 Å². The first-order valence-corrected chi connectivity index (χ1v) is 12.4. The van der Waals surface area contributed by atoms with Crippen LogP contribution in [0.25, 0.3) is 0 Å². The molecule has 2 aliphatic carbocycles. The van der Waals surface area contributed by atoms with E-state index in [0.717, 1.165) is 44.5 Å². The van der Waals surface area contributed by atoms with Crippen molar-refractivity contribution in [2.45, 2.75) is 70.8 Å². The van der Waals surface area contributed by atoms with Crippen molar-refractivity contribution in [3.8, 4) is 0 Å². The summed E-state index contributed by atoms with van der Waals surface area (Å²) in [6.07, 6.45) is 11.6. The van der Waals surface area contributed by atoms with Crippen LogP contribution in [0.15, 0.2) is 17.6 Å². The fraction of sp³-hybridized carbons (Fsp3) is 0.625.